The van der Waals surface area contributed by atoms with Gasteiger partial charge >= 0.3 is 12.2 Å². The van der Waals surface area contributed by atoms with Crippen molar-refractivity contribution in [2.24, 2.45) is 0 Å². The van der Waals surface area contributed by atoms with E-state index >= 15 is 0 Å². The molecule has 1 saturated heterocycles. The van der Waals surface area contributed by atoms with Crippen LogP contribution in [0.15, 0.2) is 54.6 Å². The minimum atomic E-state index is -4.44. The fourth-order valence-corrected chi connectivity index (χ4v) is 3.78. The van der Waals surface area contributed by atoms with Crippen LogP contribution in [0.25, 0.3) is 0 Å². The quantitative estimate of drug-likeness (QED) is 0.680. The number of urea groups is 1. The minimum absolute atomic E-state index is 0.0247. The van der Waals surface area contributed by atoms with Crippen molar-refractivity contribution in [2.75, 3.05) is 26.8 Å². The van der Waals surface area contributed by atoms with Crippen molar-refractivity contribution < 1.29 is 22.7 Å². The van der Waals surface area contributed by atoms with Gasteiger partial charge in [0.2, 0.25) is 0 Å². The Morgan fingerprint density at radius 3 is 2.48 bits per heavy atom. The maximum absolute atomic E-state index is 13.0. The summed E-state index contributed by atoms with van der Waals surface area (Å²) >= 11 is 0. The topological polar surface area (TPSA) is 53.6 Å². The van der Waals surface area contributed by atoms with Crippen LogP contribution < -0.4 is 10.6 Å². The van der Waals surface area contributed by atoms with Gasteiger partial charge in [0.05, 0.1) is 18.2 Å². The van der Waals surface area contributed by atoms with Crippen LogP contribution >= 0.6 is 0 Å². The highest BCUT2D eigenvalue weighted by Crippen LogP contribution is 2.30. The molecule has 8 heteroatoms. The first-order chi connectivity index (χ1) is 14.8. The van der Waals surface area contributed by atoms with E-state index in [-0.39, 0.29) is 12.6 Å². The number of hydrogen-bond donors (Lipinski definition) is 2. The predicted molar refractivity (Wildman–Crippen MR) is 112 cm³/mol. The Morgan fingerprint density at radius 1 is 1.13 bits per heavy atom. The number of alkyl halides is 3. The molecule has 1 heterocycles. The smallest absolute Gasteiger partial charge is 0.382 e. The summed E-state index contributed by atoms with van der Waals surface area (Å²) in [4.78, 5) is 14.9. The van der Waals surface area contributed by atoms with Crippen molar-refractivity contribution in [3.63, 3.8) is 0 Å². The van der Waals surface area contributed by atoms with E-state index in [0.717, 1.165) is 44.6 Å². The lowest BCUT2D eigenvalue weighted by Crippen LogP contribution is -2.48. The SMILES string of the molecule is COCC(NC(=O)NC1CCN(Cc2ccccc2)CC1)c1cccc(C(F)(F)F)c1. The van der Waals surface area contributed by atoms with Crippen molar-refractivity contribution in [1.82, 2.24) is 15.5 Å². The summed E-state index contributed by atoms with van der Waals surface area (Å²) in [6.45, 7) is 2.69. The van der Waals surface area contributed by atoms with Crippen LogP contribution in [0.3, 0.4) is 0 Å². The van der Waals surface area contributed by atoms with Crippen LogP contribution in [0, 0.1) is 0 Å². The molecule has 0 aliphatic carbocycles. The van der Waals surface area contributed by atoms with Crippen LogP contribution in [0.2, 0.25) is 0 Å². The zero-order valence-corrected chi connectivity index (χ0v) is 17.5. The molecule has 0 aromatic heterocycles. The monoisotopic (exact) mass is 435 g/mol. The van der Waals surface area contributed by atoms with Gasteiger partial charge in [-0.3, -0.25) is 4.90 Å². The van der Waals surface area contributed by atoms with Gasteiger partial charge in [0.25, 0.3) is 0 Å². The number of amides is 2. The predicted octanol–water partition coefficient (Wildman–Crippen LogP) is 4.36. The highest BCUT2D eigenvalue weighted by atomic mass is 19.4. The summed E-state index contributed by atoms with van der Waals surface area (Å²) in [6, 6.07) is 14.1. The van der Waals surface area contributed by atoms with E-state index in [1.807, 2.05) is 18.2 Å². The number of nitrogens with one attached hydrogen (secondary N) is 2. The van der Waals surface area contributed by atoms with Crippen molar-refractivity contribution in [3.8, 4) is 0 Å². The Hall–Kier alpha value is -2.58. The highest BCUT2D eigenvalue weighted by Gasteiger charge is 2.31. The average Bonchev–Trinajstić information content (AvgIpc) is 2.75. The number of nitrogens with zero attached hydrogens (tertiary/aromatic N) is 1. The molecule has 3 rings (SSSR count). The molecule has 2 N–H and O–H groups in total. The van der Waals surface area contributed by atoms with E-state index in [2.05, 4.69) is 27.7 Å². The van der Waals surface area contributed by atoms with Gasteiger partial charge in [-0.2, -0.15) is 13.2 Å². The number of hydrogen-bond acceptors (Lipinski definition) is 3. The molecular weight excluding hydrogens is 407 g/mol. The number of benzene rings is 2. The van der Waals surface area contributed by atoms with Crippen molar-refractivity contribution in [3.05, 3.63) is 71.3 Å². The van der Waals surface area contributed by atoms with Crippen LogP contribution in [0.4, 0.5) is 18.0 Å². The Bertz CT molecular complexity index is 837. The number of carbonyl (C=O) groups is 1. The molecule has 0 spiro atoms. The molecule has 0 radical (unpaired) electrons. The Kier molecular flexibility index (Phi) is 7.92. The van der Waals surface area contributed by atoms with E-state index in [1.54, 1.807) is 6.07 Å². The van der Waals surface area contributed by atoms with Crippen molar-refractivity contribution in [1.29, 1.82) is 0 Å². The first-order valence-corrected chi connectivity index (χ1v) is 10.3. The molecule has 0 bridgehead atoms. The number of carbonyl (C=O) groups excluding carboxylic acids is 1. The number of rotatable bonds is 7. The minimum Gasteiger partial charge on any atom is -0.382 e. The summed E-state index contributed by atoms with van der Waals surface area (Å²) in [5.74, 6) is 0. The normalized spacial score (nSPS) is 16.6. The summed E-state index contributed by atoms with van der Waals surface area (Å²) in [6.07, 6.45) is -2.80. The van der Waals surface area contributed by atoms with Crippen LogP contribution in [0.5, 0.6) is 0 Å². The molecule has 2 aromatic rings. The molecule has 1 aliphatic rings. The molecule has 2 amide bonds. The van der Waals surface area contributed by atoms with Gasteiger partial charge in [-0.1, -0.05) is 42.5 Å². The van der Waals surface area contributed by atoms with Crippen LogP contribution in [-0.2, 0) is 17.5 Å². The van der Waals surface area contributed by atoms with E-state index in [9.17, 15) is 18.0 Å². The van der Waals surface area contributed by atoms with Gasteiger partial charge in [-0.25, -0.2) is 4.79 Å². The van der Waals surface area contributed by atoms with E-state index in [0.29, 0.717) is 5.56 Å². The number of ether oxygens (including phenoxy) is 1. The second-order valence-electron chi connectivity index (χ2n) is 7.78. The molecule has 5 nitrogen and oxygen atoms in total. The molecule has 1 fully saturated rings. The van der Waals surface area contributed by atoms with E-state index in [1.165, 1.54) is 18.7 Å². The summed E-state index contributed by atoms with van der Waals surface area (Å²) < 4.78 is 44.2. The molecule has 1 aliphatic heterocycles. The molecule has 168 valence electrons. The summed E-state index contributed by atoms with van der Waals surface area (Å²) in [7, 11) is 1.45. The first-order valence-electron chi connectivity index (χ1n) is 10.3. The van der Waals surface area contributed by atoms with Gasteiger partial charge in [0.1, 0.15) is 0 Å². The van der Waals surface area contributed by atoms with Crippen LogP contribution in [-0.4, -0.2) is 43.8 Å². The van der Waals surface area contributed by atoms with Crippen LogP contribution in [0.1, 0.15) is 35.6 Å². The second kappa shape index (κ2) is 10.6. The largest absolute Gasteiger partial charge is 0.416 e. The maximum Gasteiger partial charge on any atom is 0.416 e. The number of methoxy groups -OCH3 is 1. The third kappa shape index (κ3) is 6.97. The third-order valence-corrected chi connectivity index (χ3v) is 5.43. The molecule has 31 heavy (non-hydrogen) atoms. The Morgan fingerprint density at radius 2 is 1.84 bits per heavy atom. The molecule has 1 atom stereocenters. The fraction of sp³-hybridized carbons (Fsp3) is 0.435. The van der Waals surface area contributed by atoms with E-state index in [4.69, 9.17) is 4.74 Å². The third-order valence-electron chi connectivity index (χ3n) is 5.43. The molecular formula is C23H28F3N3O2. The highest BCUT2D eigenvalue weighted by molar-refractivity contribution is 5.74. The Balaban J connectivity index is 1.52. The first kappa shape index (κ1) is 23.1. The van der Waals surface area contributed by atoms with E-state index < -0.39 is 23.8 Å². The summed E-state index contributed by atoms with van der Waals surface area (Å²) in [5.41, 5.74) is 0.860. The number of likely N-dealkylation sites (tertiary alicyclic amines) is 1. The molecule has 2 aromatic carbocycles. The molecule has 1 unspecified atom stereocenters. The van der Waals surface area contributed by atoms with Gasteiger partial charge < -0.3 is 15.4 Å². The van der Waals surface area contributed by atoms with Gasteiger partial charge in [0, 0.05) is 32.8 Å². The van der Waals surface area contributed by atoms with Gasteiger partial charge in [-0.15, -0.1) is 0 Å². The fourth-order valence-electron chi connectivity index (χ4n) is 3.78. The lowest BCUT2D eigenvalue weighted by molar-refractivity contribution is -0.137. The second-order valence-corrected chi connectivity index (χ2v) is 7.78. The average molecular weight is 435 g/mol. The van der Waals surface area contributed by atoms with Crippen molar-refractivity contribution in [2.45, 2.75) is 37.6 Å². The summed E-state index contributed by atoms with van der Waals surface area (Å²) in [5, 5.41) is 5.71. The van der Waals surface area contributed by atoms with Crippen molar-refractivity contribution >= 4 is 6.03 Å². The van der Waals surface area contributed by atoms with Gasteiger partial charge in [0.15, 0.2) is 0 Å². The number of piperidine rings is 1. The maximum atomic E-state index is 13.0. The molecule has 0 saturated carbocycles. The lowest BCUT2D eigenvalue weighted by Gasteiger charge is -2.32. The number of halogens is 3. The van der Waals surface area contributed by atoms with Gasteiger partial charge in [-0.05, 0) is 36.1 Å². The zero-order valence-electron chi connectivity index (χ0n) is 17.5. The zero-order chi connectivity index (χ0) is 22.3. The standard InChI is InChI=1S/C23H28F3N3O2/c1-31-16-21(18-8-5-9-19(14-18)23(24,25)26)28-22(30)27-20-10-12-29(13-11-20)15-17-6-3-2-4-7-17/h2-9,14,20-21H,10-13,15-16H2,1H3,(H2,27,28,30). The Labute approximate surface area is 180 Å². The lowest BCUT2D eigenvalue weighted by atomic mass is 10.0.